The van der Waals surface area contributed by atoms with Crippen molar-refractivity contribution in [1.29, 1.82) is 0 Å². The number of halogens is 2. The molecular weight excluding hydrogens is 518 g/mol. The van der Waals surface area contributed by atoms with E-state index in [1.807, 2.05) is 29.9 Å². The molecule has 2 N–H and O–H groups in total. The number of para-hydroxylation sites is 1. The number of carbonyl (C=O) groups excluding carboxylic acids is 1. The van der Waals surface area contributed by atoms with Gasteiger partial charge >= 0.3 is 0 Å². The van der Waals surface area contributed by atoms with Crippen LogP contribution in [-0.2, 0) is 20.9 Å². The normalized spacial score (nSPS) is 14.1. The minimum absolute atomic E-state index is 0.124. The molecule has 4 rings (SSSR count). The standard InChI is InChI=1S/C14H20N4.C7H14N2O3.C6H4F2.C2H2/c1-11-13(10-17(3)4)16-18(14(11)15-2)12-8-6-5-7-9-12;1-11-3-2-9-4-7(5-12-9)8-6-10;7-5-3-1-2-4-6(5)8;1-2/h5-9,15H,10H2,1-4H3;6-7H,2-5H2,1H3,(H,8,10);1-4H;1-2H. The molecule has 11 heteroatoms. The van der Waals surface area contributed by atoms with Crippen molar-refractivity contribution < 1.29 is 23.1 Å². The van der Waals surface area contributed by atoms with Crippen molar-refractivity contribution in [3.8, 4) is 18.5 Å². The van der Waals surface area contributed by atoms with Crippen molar-refractivity contribution in [3.63, 3.8) is 0 Å². The average molecular weight is 559 g/mol. The van der Waals surface area contributed by atoms with Crippen LogP contribution in [0.15, 0.2) is 54.6 Å². The molecule has 1 fully saturated rings. The van der Waals surface area contributed by atoms with E-state index in [4.69, 9.17) is 14.7 Å². The largest absolute Gasteiger partial charge is 0.383 e. The Morgan fingerprint density at radius 1 is 1.12 bits per heavy atom. The van der Waals surface area contributed by atoms with E-state index in [0.29, 0.717) is 19.6 Å². The number of ether oxygens (including phenoxy) is 1. The van der Waals surface area contributed by atoms with E-state index in [-0.39, 0.29) is 6.04 Å². The van der Waals surface area contributed by atoms with Crippen molar-refractivity contribution in [2.75, 3.05) is 59.9 Å². The van der Waals surface area contributed by atoms with Gasteiger partial charge in [0.25, 0.3) is 0 Å². The summed E-state index contributed by atoms with van der Waals surface area (Å²) in [4.78, 5) is 17.5. The highest BCUT2D eigenvalue weighted by Gasteiger charge is 2.22. The lowest BCUT2D eigenvalue weighted by molar-refractivity contribution is -0.118. The van der Waals surface area contributed by atoms with Crippen LogP contribution in [0.3, 0.4) is 0 Å². The number of hydroxylamine groups is 2. The number of nitrogens with one attached hydrogen (secondary N) is 2. The highest BCUT2D eigenvalue weighted by Crippen LogP contribution is 2.23. The number of rotatable bonds is 9. The van der Waals surface area contributed by atoms with Crippen molar-refractivity contribution in [2.45, 2.75) is 19.5 Å². The third-order valence-electron chi connectivity index (χ3n) is 5.48. The van der Waals surface area contributed by atoms with Crippen LogP contribution in [-0.4, -0.2) is 86.8 Å². The van der Waals surface area contributed by atoms with Gasteiger partial charge in [0, 0.05) is 39.4 Å². The average Bonchev–Trinajstić information content (AvgIpc) is 3.55. The van der Waals surface area contributed by atoms with Crippen LogP contribution in [0.4, 0.5) is 14.6 Å². The lowest BCUT2D eigenvalue weighted by Gasteiger charge is -2.12. The molecule has 3 aromatic rings. The second kappa shape index (κ2) is 19.3. The van der Waals surface area contributed by atoms with Gasteiger partial charge in [-0.25, -0.2) is 13.5 Å². The first-order valence-corrected chi connectivity index (χ1v) is 12.6. The zero-order valence-corrected chi connectivity index (χ0v) is 23.8. The third-order valence-corrected chi connectivity index (χ3v) is 5.48. The number of hydrogen-bond acceptors (Lipinski definition) is 7. The smallest absolute Gasteiger partial charge is 0.207 e. The summed E-state index contributed by atoms with van der Waals surface area (Å²) in [6.07, 6.45) is 8.70. The maximum atomic E-state index is 11.9. The predicted molar refractivity (Wildman–Crippen MR) is 154 cm³/mol. The molecule has 0 saturated carbocycles. The van der Waals surface area contributed by atoms with Crippen LogP contribution in [0.2, 0.25) is 0 Å². The molecule has 0 radical (unpaired) electrons. The number of methoxy groups -OCH3 is 1. The summed E-state index contributed by atoms with van der Waals surface area (Å²) >= 11 is 0. The van der Waals surface area contributed by atoms with Gasteiger partial charge in [0.1, 0.15) is 5.82 Å². The van der Waals surface area contributed by atoms with Crippen molar-refractivity contribution in [2.24, 2.45) is 0 Å². The summed E-state index contributed by atoms with van der Waals surface area (Å²) in [5, 5.41) is 12.4. The van der Waals surface area contributed by atoms with E-state index >= 15 is 0 Å². The number of hydrogen-bond donors (Lipinski definition) is 2. The Balaban J connectivity index is 0.000000314. The van der Waals surface area contributed by atoms with Crippen LogP contribution in [0.5, 0.6) is 0 Å². The zero-order chi connectivity index (χ0) is 29.9. The highest BCUT2D eigenvalue weighted by molar-refractivity contribution is 5.52. The molecule has 1 aromatic heterocycles. The van der Waals surface area contributed by atoms with Gasteiger partial charge in [0.15, 0.2) is 11.6 Å². The maximum absolute atomic E-state index is 11.9. The topological polar surface area (TPSA) is 83.9 Å². The second-order valence-corrected chi connectivity index (χ2v) is 8.73. The van der Waals surface area contributed by atoms with Gasteiger partial charge in [-0.3, -0.25) is 9.63 Å². The van der Waals surface area contributed by atoms with Gasteiger partial charge in [-0.05, 0) is 45.3 Å². The lowest BCUT2D eigenvalue weighted by atomic mass is 10.2. The predicted octanol–water partition coefficient (Wildman–Crippen LogP) is 3.49. The van der Waals surface area contributed by atoms with Gasteiger partial charge in [-0.2, -0.15) is 10.2 Å². The molecule has 1 amide bonds. The molecule has 1 atom stereocenters. The fraction of sp³-hybridized carbons (Fsp3) is 0.379. The number of nitrogens with zero attached hydrogens (tertiary/aromatic N) is 4. The summed E-state index contributed by atoms with van der Waals surface area (Å²) in [7, 11) is 7.69. The van der Waals surface area contributed by atoms with E-state index in [9.17, 15) is 13.6 Å². The quantitative estimate of drug-likeness (QED) is 0.307. The Morgan fingerprint density at radius 3 is 2.23 bits per heavy atom. The first kappa shape index (κ1) is 34.2. The summed E-state index contributed by atoms with van der Waals surface area (Å²) in [6, 6.07) is 15.4. The molecule has 218 valence electrons. The van der Waals surface area contributed by atoms with E-state index in [1.165, 1.54) is 17.7 Å². The molecule has 2 aromatic carbocycles. The van der Waals surface area contributed by atoms with Crippen LogP contribution in [0, 0.1) is 31.4 Å². The van der Waals surface area contributed by atoms with Crippen LogP contribution < -0.4 is 10.6 Å². The number of aromatic nitrogens is 2. The molecule has 1 saturated heterocycles. The lowest BCUT2D eigenvalue weighted by Crippen LogP contribution is -2.33. The number of amides is 1. The Morgan fingerprint density at radius 2 is 1.73 bits per heavy atom. The number of anilines is 1. The minimum atomic E-state index is -0.799. The van der Waals surface area contributed by atoms with Gasteiger partial charge < -0.3 is 20.3 Å². The number of carbonyl (C=O) groups is 1. The van der Waals surface area contributed by atoms with Gasteiger partial charge in [-0.15, -0.1) is 12.8 Å². The van der Waals surface area contributed by atoms with Crippen molar-refractivity contribution in [1.82, 2.24) is 25.1 Å². The Kier molecular flexibility index (Phi) is 16.5. The molecule has 0 aliphatic carbocycles. The second-order valence-electron chi connectivity index (χ2n) is 8.73. The van der Waals surface area contributed by atoms with Gasteiger partial charge in [0.2, 0.25) is 6.41 Å². The number of benzene rings is 2. The van der Waals surface area contributed by atoms with Crippen molar-refractivity contribution >= 4 is 12.2 Å². The first-order valence-electron chi connectivity index (χ1n) is 12.6. The highest BCUT2D eigenvalue weighted by atomic mass is 19.2. The molecule has 1 aliphatic rings. The van der Waals surface area contributed by atoms with E-state index < -0.39 is 11.6 Å². The van der Waals surface area contributed by atoms with Gasteiger partial charge in [-0.1, -0.05) is 30.3 Å². The molecule has 0 spiro atoms. The summed E-state index contributed by atoms with van der Waals surface area (Å²) in [5.41, 5.74) is 3.39. The summed E-state index contributed by atoms with van der Waals surface area (Å²) in [6.45, 7) is 5.64. The Bertz CT molecular complexity index is 1120. The summed E-state index contributed by atoms with van der Waals surface area (Å²) < 4.78 is 30.7. The van der Waals surface area contributed by atoms with E-state index in [2.05, 4.69) is 61.5 Å². The number of terminal acetylenes is 1. The molecule has 40 heavy (non-hydrogen) atoms. The van der Waals surface area contributed by atoms with E-state index in [1.54, 1.807) is 12.2 Å². The SMILES string of the molecule is C#C.CNc1c(C)c(CN(C)C)nn1-c1ccccc1.COCCN1CC(NC=O)CO1.Fc1ccccc1F. The third kappa shape index (κ3) is 11.5. The van der Waals surface area contributed by atoms with E-state index in [0.717, 1.165) is 49.0 Å². The van der Waals surface area contributed by atoms with Crippen LogP contribution >= 0.6 is 0 Å². The van der Waals surface area contributed by atoms with Crippen LogP contribution in [0.1, 0.15) is 11.3 Å². The molecule has 9 nitrogen and oxygen atoms in total. The molecule has 1 aliphatic heterocycles. The Hall–Kier alpha value is -3.82. The fourth-order valence-electron chi connectivity index (χ4n) is 3.57. The van der Waals surface area contributed by atoms with Gasteiger partial charge in [0.05, 0.1) is 30.6 Å². The van der Waals surface area contributed by atoms with Crippen molar-refractivity contribution in [3.05, 3.63) is 77.5 Å². The first-order chi connectivity index (χ1) is 19.3. The summed E-state index contributed by atoms with van der Waals surface area (Å²) in [5.74, 6) is -0.543. The zero-order valence-electron chi connectivity index (χ0n) is 23.8. The van der Waals surface area contributed by atoms with Crippen LogP contribution in [0.25, 0.3) is 5.69 Å². The molecule has 1 unspecified atom stereocenters. The molecule has 2 heterocycles. The molecule has 0 bridgehead atoms. The monoisotopic (exact) mass is 558 g/mol. The molecular formula is C29H40F2N6O3. The fourth-order valence-corrected chi connectivity index (χ4v) is 3.57. The maximum Gasteiger partial charge on any atom is 0.207 e. The minimum Gasteiger partial charge on any atom is -0.383 e. The Labute approximate surface area is 236 Å².